The number of nitrogens with zero attached hydrogens (tertiary/aromatic N) is 5. The summed E-state index contributed by atoms with van der Waals surface area (Å²) in [6.07, 6.45) is -2.14. The van der Waals surface area contributed by atoms with Crippen LogP contribution in [0.5, 0.6) is 5.75 Å². The molecule has 0 fully saturated rings. The number of halogens is 5. The Balaban J connectivity index is 1.24. The third kappa shape index (κ3) is 8.12. The fraction of sp³-hybridized carbons (Fsp3) is 0.269. The van der Waals surface area contributed by atoms with Gasteiger partial charge in [0.15, 0.2) is 5.69 Å². The van der Waals surface area contributed by atoms with Gasteiger partial charge in [-0.1, -0.05) is 22.9 Å². The Morgan fingerprint density at radius 2 is 1.98 bits per heavy atom. The first-order valence-corrected chi connectivity index (χ1v) is 12.4. The lowest BCUT2D eigenvalue weighted by atomic mass is 10.2. The van der Waals surface area contributed by atoms with Crippen LogP contribution in [0, 0.1) is 0 Å². The lowest BCUT2D eigenvalue weighted by Crippen LogP contribution is -2.24. The zero-order chi connectivity index (χ0) is 28.7. The average molecular weight is 579 g/mol. The fourth-order valence-corrected chi connectivity index (χ4v) is 3.80. The van der Waals surface area contributed by atoms with E-state index in [0.717, 1.165) is 23.0 Å². The van der Waals surface area contributed by atoms with Crippen LogP contribution >= 0.6 is 11.6 Å². The smallest absolute Gasteiger partial charge is 0.416 e. The first kappa shape index (κ1) is 28.7. The van der Waals surface area contributed by atoms with Gasteiger partial charge < -0.3 is 14.6 Å². The molecule has 14 heteroatoms. The molecule has 3 heterocycles. The molecule has 0 aliphatic carbocycles. The van der Waals surface area contributed by atoms with Crippen LogP contribution < -0.4 is 15.6 Å². The molecule has 0 aliphatic heterocycles. The number of ether oxygens (including phenoxy) is 1. The van der Waals surface area contributed by atoms with Crippen molar-refractivity contribution in [2.45, 2.75) is 45.0 Å². The normalized spacial score (nSPS) is 12.2. The van der Waals surface area contributed by atoms with E-state index in [9.17, 15) is 27.2 Å². The standard InChI is InChI=1S/C26H23ClF4N6O3/c27-19-2-1-3-22(12-19)40-16-17-5-8-36(24(38)10-17)9-6-20(28)14-37-15-23(34-35-37)25(39)33-13-21-11-18(4-7-32-21)26(29,30)31/h1-5,7-8,10-12,15,20H,6,9,13-14,16H2,(H,33,39). The van der Waals surface area contributed by atoms with Crippen molar-refractivity contribution in [3.05, 3.63) is 105 Å². The minimum Gasteiger partial charge on any atom is -0.489 e. The number of nitrogens with one attached hydrogen (secondary N) is 1. The Bertz CT molecular complexity index is 1520. The molecule has 0 aliphatic rings. The lowest BCUT2D eigenvalue weighted by Gasteiger charge is -2.11. The fourth-order valence-electron chi connectivity index (χ4n) is 3.62. The van der Waals surface area contributed by atoms with Gasteiger partial charge >= 0.3 is 6.18 Å². The number of pyridine rings is 2. The molecule has 1 atom stereocenters. The van der Waals surface area contributed by atoms with Gasteiger partial charge in [0.1, 0.15) is 18.5 Å². The number of hydrogen-bond donors (Lipinski definition) is 1. The topological polar surface area (TPSA) is 104 Å². The summed E-state index contributed by atoms with van der Waals surface area (Å²) >= 11 is 5.93. The highest BCUT2D eigenvalue weighted by molar-refractivity contribution is 6.30. The van der Waals surface area contributed by atoms with E-state index in [1.807, 2.05) is 0 Å². The molecule has 1 amide bonds. The number of alkyl halides is 4. The van der Waals surface area contributed by atoms with Gasteiger partial charge in [0.25, 0.3) is 11.5 Å². The second kappa shape index (κ2) is 12.7. The summed E-state index contributed by atoms with van der Waals surface area (Å²) in [5, 5.41) is 10.3. The number of benzene rings is 1. The molecule has 1 unspecified atom stereocenters. The molecule has 0 saturated carbocycles. The quantitative estimate of drug-likeness (QED) is 0.264. The second-order valence-electron chi connectivity index (χ2n) is 8.74. The maximum Gasteiger partial charge on any atom is 0.416 e. The van der Waals surface area contributed by atoms with Crippen LogP contribution in [0.25, 0.3) is 0 Å². The van der Waals surface area contributed by atoms with Crippen molar-refractivity contribution in [2.24, 2.45) is 0 Å². The van der Waals surface area contributed by atoms with Crippen molar-refractivity contribution in [2.75, 3.05) is 0 Å². The maximum atomic E-state index is 14.6. The molecule has 3 aromatic heterocycles. The van der Waals surface area contributed by atoms with Crippen LogP contribution in [0.3, 0.4) is 0 Å². The highest BCUT2D eigenvalue weighted by Crippen LogP contribution is 2.29. The molecule has 9 nitrogen and oxygen atoms in total. The maximum absolute atomic E-state index is 14.6. The predicted octanol–water partition coefficient (Wildman–Crippen LogP) is 4.44. The van der Waals surface area contributed by atoms with Crippen LogP contribution in [0.4, 0.5) is 17.6 Å². The molecule has 0 bridgehead atoms. The monoisotopic (exact) mass is 578 g/mol. The number of amides is 1. The van der Waals surface area contributed by atoms with Gasteiger partial charge in [-0.05, 0) is 48.4 Å². The number of carbonyl (C=O) groups is 1. The van der Waals surface area contributed by atoms with Crippen molar-refractivity contribution >= 4 is 17.5 Å². The molecule has 4 aromatic rings. The van der Waals surface area contributed by atoms with Crippen LogP contribution in [-0.2, 0) is 32.4 Å². The number of rotatable bonds is 11. The third-order valence-corrected chi connectivity index (χ3v) is 5.91. The van der Waals surface area contributed by atoms with Crippen LogP contribution in [0.1, 0.15) is 33.7 Å². The zero-order valence-corrected chi connectivity index (χ0v) is 21.6. The highest BCUT2D eigenvalue weighted by atomic mass is 35.5. The van der Waals surface area contributed by atoms with E-state index in [1.54, 1.807) is 36.5 Å². The van der Waals surface area contributed by atoms with E-state index >= 15 is 0 Å². The van der Waals surface area contributed by atoms with Gasteiger partial charge in [-0.2, -0.15) is 13.2 Å². The van der Waals surface area contributed by atoms with Gasteiger partial charge in [0.2, 0.25) is 0 Å². The van der Waals surface area contributed by atoms with E-state index < -0.39 is 23.8 Å². The molecule has 0 spiro atoms. The van der Waals surface area contributed by atoms with Crippen molar-refractivity contribution in [3.8, 4) is 5.75 Å². The summed E-state index contributed by atoms with van der Waals surface area (Å²) in [5.74, 6) is -0.134. The van der Waals surface area contributed by atoms with Crippen LogP contribution in [0.2, 0.25) is 5.02 Å². The minimum atomic E-state index is -4.53. The second-order valence-corrected chi connectivity index (χ2v) is 9.18. The first-order chi connectivity index (χ1) is 19.1. The molecule has 1 N–H and O–H groups in total. The number of carbonyl (C=O) groups excluding carboxylic acids is 1. The Morgan fingerprint density at radius 1 is 1.15 bits per heavy atom. The Labute approximate surface area is 230 Å². The van der Waals surface area contributed by atoms with Gasteiger partial charge in [-0.3, -0.25) is 14.6 Å². The predicted molar refractivity (Wildman–Crippen MR) is 136 cm³/mol. The van der Waals surface area contributed by atoms with Gasteiger partial charge in [-0.15, -0.1) is 5.10 Å². The summed E-state index contributed by atoms with van der Waals surface area (Å²) in [7, 11) is 0. The molecule has 1 aromatic carbocycles. The molecule has 40 heavy (non-hydrogen) atoms. The molecule has 4 rings (SSSR count). The van der Waals surface area contributed by atoms with E-state index in [0.29, 0.717) is 16.3 Å². The van der Waals surface area contributed by atoms with Crippen molar-refractivity contribution < 1.29 is 27.1 Å². The van der Waals surface area contributed by atoms with Crippen molar-refractivity contribution in [3.63, 3.8) is 0 Å². The first-order valence-electron chi connectivity index (χ1n) is 12.0. The summed E-state index contributed by atoms with van der Waals surface area (Å²) < 4.78 is 61.2. The number of aromatic nitrogens is 5. The Hall–Kier alpha value is -4.26. The summed E-state index contributed by atoms with van der Waals surface area (Å²) in [6, 6.07) is 11.7. The minimum absolute atomic E-state index is 0.000866. The van der Waals surface area contributed by atoms with Crippen LogP contribution in [-0.4, -0.2) is 36.6 Å². The summed E-state index contributed by atoms with van der Waals surface area (Å²) in [4.78, 5) is 28.5. The molecular formula is C26H23ClF4N6O3. The number of hydrogen-bond acceptors (Lipinski definition) is 6. The number of aryl methyl sites for hydroxylation is 1. The van der Waals surface area contributed by atoms with E-state index in [2.05, 4.69) is 20.6 Å². The Kier molecular flexibility index (Phi) is 9.15. The zero-order valence-electron chi connectivity index (χ0n) is 20.8. The van der Waals surface area contributed by atoms with Gasteiger partial charge in [0.05, 0.1) is 30.5 Å². The summed E-state index contributed by atoms with van der Waals surface area (Å²) in [6.45, 7) is -0.195. The van der Waals surface area contributed by atoms with Crippen molar-refractivity contribution in [1.82, 2.24) is 29.9 Å². The molecule has 0 saturated heterocycles. The largest absolute Gasteiger partial charge is 0.489 e. The highest BCUT2D eigenvalue weighted by Gasteiger charge is 2.30. The van der Waals surface area contributed by atoms with Crippen LogP contribution in [0.15, 0.2) is 71.9 Å². The Morgan fingerprint density at radius 3 is 2.73 bits per heavy atom. The van der Waals surface area contributed by atoms with Crippen molar-refractivity contribution in [1.29, 1.82) is 0 Å². The summed E-state index contributed by atoms with van der Waals surface area (Å²) in [5.41, 5.74) is -0.667. The lowest BCUT2D eigenvalue weighted by molar-refractivity contribution is -0.137. The molecule has 0 radical (unpaired) electrons. The molecular weight excluding hydrogens is 556 g/mol. The third-order valence-electron chi connectivity index (χ3n) is 5.68. The van der Waals surface area contributed by atoms with E-state index in [1.165, 1.54) is 16.8 Å². The molecule has 210 valence electrons. The SMILES string of the molecule is O=C(NCc1cc(C(F)(F)F)ccn1)c1cn(CC(F)CCn2ccc(COc3cccc(Cl)c3)cc2=O)nn1. The van der Waals surface area contributed by atoms with E-state index in [4.69, 9.17) is 16.3 Å². The van der Waals surface area contributed by atoms with Gasteiger partial charge in [-0.25, -0.2) is 9.07 Å². The van der Waals surface area contributed by atoms with E-state index in [-0.39, 0.29) is 49.6 Å². The van der Waals surface area contributed by atoms with Gasteiger partial charge in [0, 0.05) is 30.0 Å². The average Bonchev–Trinajstić information content (AvgIpc) is 3.38.